The fourth-order valence-electron chi connectivity index (χ4n) is 3.83. The van der Waals surface area contributed by atoms with Gasteiger partial charge in [0.15, 0.2) is 5.11 Å². The zero-order chi connectivity index (χ0) is 24.1. The van der Waals surface area contributed by atoms with E-state index in [1.807, 2.05) is 72.5 Å². The number of aryl methyl sites for hydroxylation is 1. The number of H-pyrrole nitrogens is 1. The molecule has 0 fully saturated rings. The third-order valence-electron chi connectivity index (χ3n) is 5.60. The molecule has 0 aliphatic carbocycles. The number of para-hydroxylation sites is 2. The molecule has 0 aliphatic heterocycles. The number of thiocarbonyl (C=S) groups is 1. The minimum atomic E-state index is -0.457. The Morgan fingerprint density at radius 3 is 2.50 bits per heavy atom. The Bertz CT molecular complexity index is 1400. The molecule has 6 nitrogen and oxygen atoms in total. The second-order valence-electron chi connectivity index (χ2n) is 7.97. The van der Waals surface area contributed by atoms with Crippen LogP contribution >= 0.6 is 12.2 Å². The van der Waals surface area contributed by atoms with Gasteiger partial charge >= 0.3 is 5.97 Å². The fourth-order valence-corrected chi connectivity index (χ4v) is 4.07. The fraction of sp³-hybridized carbons (Fsp3) is 0.148. The van der Waals surface area contributed by atoms with Crippen molar-refractivity contribution >= 4 is 39.9 Å². The van der Waals surface area contributed by atoms with Crippen LogP contribution in [-0.4, -0.2) is 28.1 Å². The van der Waals surface area contributed by atoms with E-state index in [9.17, 15) is 9.59 Å². The summed E-state index contributed by atoms with van der Waals surface area (Å²) in [6.45, 7) is 2.75. The first-order valence-corrected chi connectivity index (χ1v) is 11.3. The van der Waals surface area contributed by atoms with Crippen molar-refractivity contribution in [2.75, 3.05) is 12.4 Å². The Hall–Kier alpha value is -3.97. The standard InChI is InChI=1S/C27H25N3O3S/c1-18-9-8-12-20-15-21(25(31)29-24(18)20)17-30(16-19-10-4-3-5-11-19)27(34)28-23-14-7-6-13-22(23)26(32)33-2/h3-15H,16-17H2,1-2H3,(H,28,34)(H,29,31). The molecule has 172 valence electrons. The molecule has 3 aromatic carbocycles. The molecule has 1 heterocycles. The Labute approximate surface area is 203 Å². The lowest BCUT2D eigenvalue weighted by molar-refractivity contribution is 0.0602. The molecule has 0 radical (unpaired) electrons. The quantitative estimate of drug-likeness (QED) is 0.304. The van der Waals surface area contributed by atoms with Crippen molar-refractivity contribution in [1.29, 1.82) is 0 Å². The molecular weight excluding hydrogens is 446 g/mol. The maximum absolute atomic E-state index is 12.9. The number of ether oxygens (including phenoxy) is 1. The summed E-state index contributed by atoms with van der Waals surface area (Å²) in [6, 6.07) is 24.7. The zero-order valence-electron chi connectivity index (χ0n) is 19.0. The predicted octanol–water partition coefficient (Wildman–Crippen LogP) is 5.02. The van der Waals surface area contributed by atoms with Crippen molar-refractivity contribution in [1.82, 2.24) is 9.88 Å². The minimum Gasteiger partial charge on any atom is -0.465 e. The summed E-state index contributed by atoms with van der Waals surface area (Å²) in [5.41, 5.74) is 4.25. The zero-order valence-corrected chi connectivity index (χ0v) is 19.8. The van der Waals surface area contributed by atoms with Crippen LogP contribution in [0.3, 0.4) is 0 Å². The van der Waals surface area contributed by atoms with Gasteiger partial charge in [-0.1, -0.05) is 60.7 Å². The minimum absolute atomic E-state index is 0.155. The number of pyridine rings is 1. The number of benzene rings is 3. The summed E-state index contributed by atoms with van der Waals surface area (Å²) in [5.74, 6) is -0.457. The summed E-state index contributed by atoms with van der Waals surface area (Å²) in [4.78, 5) is 30.0. The van der Waals surface area contributed by atoms with E-state index in [2.05, 4.69) is 10.3 Å². The number of hydrogen-bond acceptors (Lipinski definition) is 4. The molecular formula is C27H25N3O3S. The molecule has 2 N–H and O–H groups in total. The van der Waals surface area contributed by atoms with Gasteiger partial charge in [0, 0.05) is 12.1 Å². The van der Waals surface area contributed by atoms with Gasteiger partial charge < -0.3 is 19.9 Å². The molecule has 0 spiro atoms. The van der Waals surface area contributed by atoms with Crippen molar-refractivity contribution in [2.45, 2.75) is 20.0 Å². The highest BCUT2D eigenvalue weighted by Gasteiger charge is 2.17. The number of anilines is 1. The summed E-state index contributed by atoms with van der Waals surface area (Å²) >= 11 is 5.75. The lowest BCUT2D eigenvalue weighted by Gasteiger charge is -2.26. The van der Waals surface area contributed by atoms with Crippen LogP contribution in [0.5, 0.6) is 0 Å². The Morgan fingerprint density at radius 1 is 1.00 bits per heavy atom. The van der Waals surface area contributed by atoms with E-state index in [4.69, 9.17) is 17.0 Å². The molecule has 4 rings (SSSR count). The van der Waals surface area contributed by atoms with Gasteiger partial charge in [0.2, 0.25) is 0 Å². The van der Waals surface area contributed by atoms with Gasteiger partial charge in [-0.05, 0) is 53.9 Å². The summed E-state index contributed by atoms with van der Waals surface area (Å²) in [6.07, 6.45) is 0. The molecule has 0 unspecified atom stereocenters. The number of carbonyl (C=O) groups is 1. The maximum Gasteiger partial charge on any atom is 0.339 e. The van der Waals surface area contributed by atoms with E-state index < -0.39 is 5.97 Å². The first-order chi connectivity index (χ1) is 16.5. The first kappa shape index (κ1) is 23.2. The van der Waals surface area contributed by atoms with Gasteiger partial charge in [-0.2, -0.15) is 0 Å². The SMILES string of the molecule is COC(=O)c1ccccc1NC(=S)N(Cc1ccccc1)Cc1cc2cccc(C)c2[nH]c1=O. The monoisotopic (exact) mass is 471 g/mol. The Morgan fingerprint density at radius 2 is 1.74 bits per heavy atom. The highest BCUT2D eigenvalue weighted by Crippen LogP contribution is 2.20. The number of hydrogen-bond donors (Lipinski definition) is 2. The summed E-state index contributed by atoms with van der Waals surface area (Å²) in [5, 5.41) is 4.53. The van der Waals surface area contributed by atoms with E-state index in [1.54, 1.807) is 18.2 Å². The van der Waals surface area contributed by atoms with Crippen molar-refractivity contribution in [3.63, 3.8) is 0 Å². The normalized spacial score (nSPS) is 10.6. The van der Waals surface area contributed by atoms with Crippen LogP contribution in [-0.2, 0) is 17.8 Å². The van der Waals surface area contributed by atoms with Crippen molar-refractivity contribution in [3.05, 3.63) is 111 Å². The summed E-state index contributed by atoms with van der Waals surface area (Å²) < 4.78 is 4.90. The summed E-state index contributed by atoms with van der Waals surface area (Å²) in [7, 11) is 1.34. The third-order valence-corrected chi connectivity index (χ3v) is 5.96. The van der Waals surface area contributed by atoms with Crippen LogP contribution in [0.1, 0.15) is 27.0 Å². The molecule has 0 bridgehead atoms. The Balaban J connectivity index is 1.67. The van der Waals surface area contributed by atoms with Crippen molar-refractivity contribution in [2.24, 2.45) is 0 Å². The number of methoxy groups -OCH3 is 1. The van der Waals surface area contributed by atoms with E-state index in [-0.39, 0.29) is 5.56 Å². The van der Waals surface area contributed by atoms with Crippen LogP contribution in [0, 0.1) is 6.92 Å². The van der Waals surface area contributed by atoms with E-state index in [0.29, 0.717) is 35.0 Å². The topological polar surface area (TPSA) is 74.4 Å². The molecule has 1 aromatic heterocycles. The van der Waals surface area contributed by atoms with Gasteiger partial charge in [-0.3, -0.25) is 4.79 Å². The molecule has 0 aliphatic rings. The largest absolute Gasteiger partial charge is 0.465 e. The highest BCUT2D eigenvalue weighted by atomic mass is 32.1. The van der Waals surface area contributed by atoms with Crippen LogP contribution in [0.25, 0.3) is 10.9 Å². The van der Waals surface area contributed by atoms with Gasteiger partial charge in [0.1, 0.15) is 0 Å². The lowest BCUT2D eigenvalue weighted by Crippen LogP contribution is -2.36. The second-order valence-corrected chi connectivity index (χ2v) is 8.36. The molecule has 7 heteroatoms. The second kappa shape index (κ2) is 10.3. The van der Waals surface area contributed by atoms with Crippen molar-refractivity contribution < 1.29 is 9.53 Å². The third kappa shape index (κ3) is 5.15. The van der Waals surface area contributed by atoms with E-state index in [0.717, 1.165) is 22.0 Å². The molecule has 0 saturated heterocycles. The van der Waals surface area contributed by atoms with Gasteiger partial charge in [0.25, 0.3) is 5.56 Å². The number of aromatic nitrogens is 1. The molecule has 4 aromatic rings. The maximum atomic E-state index is 12.9. The molecule has 0 saturated carbocycles. The van der Waals surface area contributed by atoms with Gasteiger partial charge in [-0.25, -0.2) is 4.79 Å². The average molecular weight is 472 g/mol. The highest BCUT2D eigenvalue weighted by molar-refractivity contribution is 7.80. The number of fused-ring (bicyclic) bond motifs is 1. The van der Waals surface area contributed by atoms with E-state index >= 15 is 0 Å². The van der Waals surface area contributed by atoms with Crippen LogP contribution in [0.4, 0.5) is 5.69 Å². The molecule has 34 heavy (non-hydrogen) atoms. The number of aromatic amines is 1. The first-order valence-electron chi connectivity index (χ1n) is 10.8. The number of nitrogens with one attached hydrogen (secondary N) is 2. The lowest BCUT2D eigenvalue weighted by atomic mass is 10.1. The van der Waals surface area contributed by atoms with Crippen molar-refractivity contribution in [3.8, 4) is 0 Å². The average Bonchev–Trinajstić information content (AvgIpc) is 2.85. The molecule has 0 amide bonds. The van der Waals surface area contributed by atoms with E-state index in [1.165, 1.54) is 7.11 Å². The van der Waals surface area contributed by atoms with Crippen LogP contribution < -0.4 is 10.9 Å². The smallest absolute Gasteiger partial charge is 0.339 e. The number of esters is 1. The van der Waals surface area contributed by atoms with Crippen LogP contribution in [0.2, 0.25) is 0 Å². The van der Waals surface area contributed by atoms with Crippen LogP contribution in [0.15, 0.2) is 83.7 Å². The Kier molecular flexibility index (Phi) is 7.04. The number of carbonyl (C=O) groups excluding carboxylic acids is 1. The molecule has 0 atom stereocenters. The van der Waals surface area contributed by atoms with Gasteiger partial charge in [-0.15, -0.1) is 0 Å². The predicted molar refractivity (Wildman–Crippen MR) is 139 cm³/mol. The number of rotatable bonds is 6. The van der Waals surface area contributed by atoms with Gasteiger partial charge in [0.05, 0.1) is 30.4 Å². The number of nitrogens with zero attached hydrogens (tertiary/aromatic N) is 1.